The van der Waals surface area contributed by atoms with E-state index >= 15 is 0 Å². The fraction of sp³-hybridized carbons (Fsp3) is 0.0588. The van der Waals surface area contributed by atoms with Crippen LogP contribution in [0.4, 0.5) is 0 Å². The van der Waals surface area contributed by atoms with Gasteiger partial charge in [0.1, 0.15) is 6.10 Å². The summed E-state index contributed by atoms with van der Waals surface area (Å²) in [7, 11) is 0. The van der Waals surface area contributed by atoms with Gasteiger partial charge in [-0.05, 0) is 62.7 Å². The lowest BCUT2D eigenvalue weighted by Gasteiger charge is -2.12. The van der Waals surface area contributed by atoms with Gasteiger partial charge in [-0.3, -0.25) is 0 Å². The Morgan fingerprint density at radius 2 is 1.47 bits per heavy atom. The van der Waals surface area contributed by atoms with Gasteiger partial charge in [-0.1, -0.05) is 48.5 Å². The standard InChI is InChI=1S/C17H13IO/c18-16-7-3-6-14(11-16)17(19)15-9-8-12-4-1-2-5-13(12)10-15/h1-11,17,19H. The molecule has 1 unspecified atom stereocenters. The van der Waals surface area contributed by atoms with Gasteiger partial charge in [0.2, 0.25) is 0 Å². The zero-order valence-corrected chi connectivity index (χ0v) is 12.4. The van der Waals surface area contributed by atoms with E-state index in [9.17, 15) is 5.11 Å². The van der Waals surface area contributed by atoms with Gasteiger partial charge in [-0.2, -0.15) is 0 Å². The SMILES string of the molecule is OC(c1cccc(I)c1)c1ccc2ccccc2c1. The molecule has 94 valence electrons. The molecule has 3 rings (SSSR count). The van der Waals surface area contributed by atoms with E-state index in [2.05, 4.69) is 46.9 Å². The van der Waals surface area contributed by atoms with Gasteiger partial charge in [0.25, 0.3) is 0 Å². The Kier molecular flexibility index (Phi) is 3.53. The minimum absolute atomic E-state index is 0.570. The first kappa shape index (κ1) is 12.6. The van der Waals surface area contributed by atoms with E-state index in [1.165, 1.54) is 5.39 Å². The van der Waals surface area contributed by atoms with Crippen LogP contribution in [0, 0.1) is 3.57 Å². The third-order valence-electron chi connectivity index (χ3n) is 3.25. The summed E-state index contributed by atoms with van der Waals surface area (Å²) in [5, 5.41) is 12.8. The van der Waals surface area contributed by atoms with E-state index in [1.54, 1.807) is 0 Å². The normalized spacial score (nSPS) is 12.5. The van der Waals surface area contributed by atoms with Crippen LogP contribution in [0.25, 0.3) is 10.8 Å². The molecule has 1 atom stereocenters. The molecule has 2 heteroatoms. The van der Waals surface area contributed by atoms with Gasteiger partial charge in [-0.25, -0.2) is 0 Å². The van der Waals surface area contributed by atoms with Crippen LogP contribution in [0.3, 0.4) is 0 Å². The lowest BCUT2D eigenvalue weighted by atomic mass is 9.99. The second kappa shape index (κ2) is 5.31. The maximum atomic E-state index is 10.5. The third-order valence-corrected chi connectivity index (χ3v) is 3.92. The van der Waals surface area contributed by atoms with E-state index in [0.717, 1.165) is 20.1 Å². The van der Waals surface area contributed by atoms with E-state index in [1.807, 2.05) is 42.5 Å². The van der Waals surface area contributed by atoms with E-state index in [4.69, 9.17) is 0 Å². The summed E-state index contributed by atoms with van der Waals surface area (Å²) in [5.74, 6) is 0. The molecule has 0 aliphatic heterocycles. The minimum atomic E-state index is -0.570. The Morgan fingerprint density at radius 3 is 2.26 bits per heavy atom. The van der Waals surface area contributed by atoms with Crippen LogP contribution in [0.2, 0.25) is 0 Å². The highest BCUT2D eigenvalue weighted by Crippen LogP contribution is 2.26. The molecular formula is C17H13IO. The number of fused-ring (bicyclic) bond motifs is 1. The summed E-state index contributed by atoms with van der Waals surface area (Å²) in [5.41, 5.74) is 1.86. The first-order valence-corrected chi connectivity index (χ1v) is 7.24. The van der Waals surface area contributed by atoms with Crippen molar-refractivity contribution in [2.75, 3.05) is 0 Å². The Labute approximate surface area is 126 Å². The quantitative estimate of drug-likeness (QED) is 0.666. The van der Waals surface area contributed by atoms with Crippen molar-refractivity contribution in [3.05, 3.63) is 81.4 Å². The van der Waals surface area contributed by atoms with Gasteiger partial charge < -0.3 is 5.11 Å². The monoisotopic (exact) mass is 360 g/mol. The molecule has 3 aromatic rings. The molecule has 0 radical (unpaired) electrons. The van der Waals surface area contributed by atoms with Gasteiger partial charge in [0.15, 0.2) is 0 Å². The van der Waals surface area contributed by atoms with E-state index in [0.29, 0.717) is 0 Å². The summed E-state index contributed by atoms with van der Waals surface area (Å²) < 4.78 is 1.13. The second-order valence-electron chi connectivity index (χ2n) is 4.56. The molecule has 0 fully saturated rings. The third kappa shape index (κ3) is 2.65. The van der Waals surface area contributed by atoms with Gasteiger partial charge in [0, 0.05) is 3.57 Å². The average molecular weight is 360 g/mol. The van der Waals surface area contributed by atoms with Crippen molar-refractivity contribution < 1.29 is 5.11 Å². The lowest BCUT2D eigenvalue weighted by Crippen LogP contribution is -1.99. The predicted molar refractivity (Wildman–Crippen MR) is 87.2 cm³/mol. The summed E-state index contributed by atoms with van der Waals surface area (Å²) in [6.07, 6.45) is -0.570. The van der Waals surface area contributed by atoms with Gasteiger partial charge in [0.05, 0.1) is 0 Å². The maximum absolute atomic E-state index is 10.5. The molecule has 0 aromatic heterocycles. The number of halogens is 1. The molecule has 0 heterocycles. The molecule has 3 aromatic carbocycles. The van der Waals surface area contributed by atoms with Crippen molar-refractivity contribution in [2.45, 2.75) is 6.10 Å². The number of aliphatic hydroxyl groups excluding tert-OH is 1. The molecule has 19 heavy (non-hydrogen) atoms. The molecule has 0 aliphatic rings. The van der Waals surface area contributed by atoms with Crippen LogP contribution in [0.15, 0.2) is 66.7 Å². The molecular weight excluding hydrogens is 347 g/mol. The van der Waals surface area contributed by atoms with Crippen LogP contribution >= 0.6 is 22.6 Å². The number of aliphatic hydroxyl groups is 1. The first-order valence-electron chi connectivity index (χ1n) is 6.16. The van der Waals surface area contributed by atoms with E-state index < -0.39 is 6.10 Å². The molecule has 0 spiro atoms. The lowest BCUT2D eigenvalue weighted by molar-refractivity contribution is 0.220. The molecule has 0 aliphatic carbocycles. The summed E-state index contributed by atoms with van der Waals surface area (Å²) in [6.45, 7) is 0. The largest absolute Gasteiger partial charge is 0.384 e. The van der Waals surface area contributed by atoms with Gasteiger partial charge in [-0.15, -0.1) is 0 Å². The highest BCUT2D eigenvalue weighted by molar-refractivity contribution is 14.1. The van der Waals surface area contributed by atoms with Crippen molar-refractivity contribution >= 4 is 33.4 Å². The van der Waals surface area contributed by atoms with Crippen molar-refractivity contribution in [3.63, 3.8) is 0 Å². The Morgan fingerprint density at radius 1 is 0.737 bits per heavy atom. The molecule has 0 saturated carbocycles. The number of hydrogen-bond donors (Lipinski definition) is 1. The van der Waals surface area contributed by atoms with E-state index in [-0.39, 0.29) is 0 Å². The van der Waals surface area contributed by atoms with Crippen LogP contribution in [-0.4, -0.2) is 5.11 Å². The van der Waals surface area contributed by atoms with Crippen molar-refractivity contribution in [1.82, 2.24) is 0 Å². The van der Waals surface area contributed by atoms with Crippen molar-refractivity contribution in [2.24, 2.45) is 0 Å². The van der Waals surface area contributed by atoms with Crippen LogP contribution in [0.5, 0.6) is 0 Å². The Balaban J connectivity index is 2.04. The van der Waals surface area contributed by atoms with Crippen molar-refractivity contribution in [3.8, 4) is 0 Å². The van der Waals surface area contributed by atoms with Crippen LogP contribution < -0.4 is 0 Å². The molecule has 0 bridgehead atoms. The topological polar surface area (TPSA) is 20.2 Å². The fourth-order valence-corrected chi connectivity index (χ4v) is 2.81. The van der Waals surface area contributed by atoms with Gasteiger partial charge >= 0.3 is 0 Å². The zero-order chi connectivity index (χ0) is 13.2. The maximum Gasteiger partial charge on any atom is 0.104 e. The smallest absolute Gasteiger partial charge is 0.104 e. The summed E-state index contributed by atoms with van der Waals surface area (Å²) in [4.78, 5) is 0. The number of hydrogen-bond acceptors (Lipinski definition) is 1. The summed E-state index contributed by atoms with van der Waals surface area (Å²) in [6, 6.07) is 22.3. The first-order chi connectivity index (χ1) is 9.24. The number of benzene rings is 3. The fourth-order valence-electron chi connectivity index (χ4n) is 2.25. The highest BCUT2D eigenvalue weighted by Gasteiger charge is 2.10. The van der Waals surface area contributed by atoms with Crippen molar-refractivity contribution in [1.29, 1.82) is 0 Å². The highest BCUT2D eigenvalue weighted by atomic mass is 127. The second-order valence-corrected chi connectivity index (χ2v) is 5.81. The Hall–Kier alpha value is -1.39. The molecule has 1 nitrogen and oxygen atoms in total. The predicted octanol–water partition coefficient (Wildman–Crippen LogP) is 4.53. The molecule has 0 amide bonds. The van der Waals surface area contributed by atoms with Crippen LogP contribution in [-0.2, 0) is 0 Å². The number of rotatable bonds is 2. The Bertz CT molecular complexity index is 721. The van der Waals surface area contributed by atoms with Crippen LogP contribution in [0.1, 0.15) is 17.2 Å². The zero-order valence-electron chi connectivity index (χ0n) is 10.3. The molecule has 1 N–H and O–H groups in total. The minimum Gasteiger partial charge on any atom is -0.384 e. The average Bonchev–Trinajstić information content (AvgIpc) is 2.46. The molecule has 0 saturated heterocycles. The summed E-state index contributed by atoms with van der Waals surface area (Å²) >= 11 is 2.26.